The lowest BCUT2D eigenvalue weighted by atomic mass is 9.90. The molecule has 1 fully saturated rings. The van der Waals surface area contributed by atoms with Crippen molar-refractivity contribution in [1.29, 1.82) is 0 Å². The van der Waals surface area contributed by atoms with Gasteiger partial charge in [0.05, 0.1) is 36.1 Å². The lowest BCUT2D eigenvalue weighted by Gasteiger charge is -2.41. The molecule has 1 aliphatic heterocycles. The van der Waals surface area contributed by atoms with Crippen LogP contribution >= 0.6 is 11.6 Å². The summed E-state index contributed by atoms with van der Waals surface area (Å²) in [4.78, 5) is 209. The van der Waals surface area contributed by atoms with Gasteiger partial charge in [-0.3, -0.25) is 72.0 Å². The van der Waals surface area contributed by atoms with Gasteiger partial charge in [-0.25, -0.2) is 4.68 Å². The fraction of sp³-hybridized carbons (Fsp3) is 0.635. The number of amides is 14. The minimum Gasteiger partial charge on any atom is -0.390 e. The molecular weight excluding hydrogens is 1610 g/mol. The second kappa shape index (κ2) is 47.0. The molecule has 1 aromatic heterocycles. The average molecular weight is 1740 g/mol. The van der Waals surface area contributed by atoms with E-state index in [2.05, 4.69) is 54.2 Å². The summed E-state index contributed by atoms with van der Waals surface area (Å²) >= 11 is 6.14. The van der Waals surface area contributed by atoms with Crippen molar-refractivity contribution in [1.82, 2.24) is 76.0 Å². The number of hydrogen-bond acceptors (Lipinski definition) is 18. The van der Waals surface area contributed by atoms with Crippen molar-refractivity contribution in [2.45, 2.75) is 241 Å². The summed E-state index contributed by atoms with van der Waals surface area (Å²) in [6, 6.07) is -4.52. The lowest BCUT2D eigenvalue weighted by Crippen LogP contribution is -2.63. The Bertz CT molecular complexity index is 4160. The van der Waals surface area contributed by atoms with Crippen LogP contribution in [0.1, 0.15) is 189 Å². The van der Waals surface area contributed by atoms with E-state index in [0.717, 1.165) is 22.1 Å². The number of β-amino-alcohol motifs (C(OH)–C–C–N with tert-alkyl or cyclic N) is 1. The highest BCUT2D eigenvalue weighted by molar-refractivity contribution is 6.31. The average Bonchev–Trinajstić information content (AvgIpc) is 1.67. The largest absolute Gasteiger partial charge is 0.434 e. The van der Waals surface area contributed by atoms with Gasteiger partial charge >= 0.3 is 6.18 Å². The van der Waals surface area contributed by atoms with Crippen molar-refractivity contribution in [2.75, 3.05) is 79.6 Å². The summed E-state index contributed by atoms with van der Waals surface area (Å²) in [5, 5.41) is 49.5. The SMILES string of the molecule is C=CC(=O)Nc1cc(Cl)cc(NC(=O)c2cnn(-c3ccc(C(=O)NCCNC(=O)CCC[C@@H](C)[C@@H](O)[C@H]4C(=O)N[C@@H](CC)C(=O)N(C)CC(O)N(C)[C@@H](CC(C)C)C(=O)N[C@@H](C(C)C)C(=O)N(C)[C@@H](CC(C)C)C(=O)N[C@@H](C)C(=O)N[C@H](C)C(=O)N(C)[C@@H](CC(C)C)C(=O)N(C)[C@@H](CC(C)C)C(=O)N(C)[C@@H](C(C)C)C(=O)N4C)cc3)c2C(F)(F)F)c1. The number of benzene rings is 2. The number of aliphatic hydroxyl groups excluding tert-OH is 2. The molecule has 4 rings (SSSR count). The molecule has 1 unspecified atom stereocenters. The van der Waals surface area contributed by atoms with Crippen molar-refractivity contribution in [3.63, 3.8) is 0 Å². The van der Waals surface area contributed by atoms with E-state index in [0.29, 0.717) is 4.68 Å². The van der Waals surface area contributed by atoms with Gasteiger partial charge in [0.2, 0.25) is 70.9 Å². The van der Waals surface area contributed by atoms with E-state index in [1.165, 1.54) is 130 Å². The minimum atomic E-state index is -5.12. The van der Waals surface area contributed by atoms with E-state index in [1.54, 1.807) is 41.5 Å². The van der Waals surface area contributed by atoms with Gasteiger partial charge in [-0.1, -0.05) is 115 Å². The molecule has 122 heavy (non-hydrogen) atoms. The smallest absolute Gasteiger partial charge is 0.390 e. The number of carbonyl (C=O) groups excluding carboxylic acids is 14. The first-order chi connectivity index (χ1) is 56.7. The zero-order valence-corrected chi connectivity index (χ0v) is 75.6. The van der Waals surface area contributed by atoms with Gasteiger partial charge in [0.15, 0.2) is 5.69 Å². The third-order valence-corrected chi connectivity index (χ3v) is 21.8. The zero-order valence-electron chi connectivity index (χ0n) is 74.8. The third-order valence-electron chi connectivity index (χ3n) is 21.6. The molecule has 3 aromatic rings. The van der Waals surface area contributed by atoms with E-state index >= 15 is 19.2 Å². The predicted octanol–water partition coefficient (Wildman–Crippen LogP) is 6.05. The van der Waals surface area contributed by atoms with E-state index in [9.17, 15) is 71.3 Å². The number of nitrogens with zero attached hydrogens (tertiary/aromatic N) is 9. The highest BCUT2D eigenvalue weighted by atomic mass is 35.5. The summed E-state index contributed by atoms with van der Waals surface area (Å²) in [6.45, 7) is 30.1. The molecule has 37 heteroatoms. The number of aromatic nitrogens is 2. The Morgan fingerprint density at radius 1 is 0.582 bits per heavy atom. The van der Waals surface area contributed by atoms with Gasteiger partial charge < -0.3 is 82.1 Å². The van der Waals surface area contributed by atoms with Crippen molar-refractivity contribution in [3.05, 3.63) is 83.2 Å². The van der Waals surface area contributed by atoms with Gasteiger partial charge in [0.25, 0.3) is 11.8 Å². The van der Waals surface area contributed by atoms with Crippen LogP contribution in [0.3, 0.4) is 0 Å². The summed E-state index contributed by atoms with van der Waals surface area (Å²) in [6.07, 6.45) is -6.42. The van der Waals surface area contributed by atoms with Crippen molar-refractivity contribution in [2.24, 2.45) is 41.4 Å². The Hall–Kier alpha value is -10.1. The number of rotatable bonds is 26. The number of nitrogens with one attached hydrogen (secondary N) is 8. The van der Waals surface area contributed by atoms with E-state index in [-0.39, 0.29) is 116 Å². The molecule has 680 valence electrons. The number of alkyl halides is 3. The Balaban J connectivity index is 1.70. The predicted molar refractivity (Wildman–Crippen MR) is 456 cm³/mol. The molecule has 0 bridgehead atoms. The highest BCUT2D eigenvalue weighted by Gasteiger charge is 2.47. The van der Waals surface area contributed by atoms with E-state index < -0.39 is 197 Å². The standard InChI is InChI=1S/C85H131ClF3N17O16/c1-25-60-80(118)99(18)44-67(109)100(19)61(36-45(3)4)77(115)98-68(49(11)12)83(121)101(20)62(37-46(5)6)76(114)93-52(16)73(111)94-53(17)79(117)102(21)63(38-47(7)8)81(119)103(22)64(39-48(9)10)82(120)104(23)69(50(13)14)84(122)105(24)70(78(116)97-60)71(110)51(15)28-27-29-66(108)90-34-35-91-74(112)54-30-32-58(33-31-54)106-72(85(87,88)89)59(43-92-106)75(113)96-57-41-55(86)40-56(42-57)95-65(107)26-2/h26,30-33,40-43,45-53,60-64,67-71,109-110H,2,25,27-29,34-39,44H2,1,3-24H3,(H,90,108)(H,91,112)(H,93,114)(H,94,111)(H,95,107)(H,96,113)(H,97,116)(H,98,115)/t51-,52+,53-,60+,61+,62+,63+,64+,67?,68+,69+,70+,71-/m1/s1. The van der Waals surface area contributed by atoms with Crippen LogP contribution in [0.5, 0.6) is 0 Å². The molecule has 14 amide bonds. The van der Waals surface area contributed by atoms with Gasteiger partial charge in [0.1, 0.15) is 60.6 Å². The molecule has 1 saturated heterocycles. The molecular formula is C85H131ClF3N17O16. The fourth-order valence-corrected chi connectivity index (χ4v) is 14.7. The summed E-state index contributed by atoms with van der Waals surface area (Å²) in [5.74, 6) is -13.4. The van der Waals surface area contributed by atoms with Gasteiger partial charge in [-0.2, -0.15) is 18.3 Å². The van der Waals surface area contributed by atoms with E-state index in [1.807, 2.05) is 55.4 Å². The lowest BCUT2D eigenvalue weighted by molar-refractivity contribution is -0.157. The Kier molecular flexibility index (Phi) is 40.2. The van der Waals surface area contributed by atoms with Crippen LogP contribution in [0, 0.1) is 41.4 Å². The van der Waals surface area contributed by atoms with Crippen LogP contribution in [0.15, 0.2) is 61.3 Å². The number of carbonyl (C=O) groups is 14. The van der Waals surface area contributed by atoms with Crippen molar-refractivity contribution in [3.8, 4) is 5.69 Å². The molecule has 0 radical (unpaired) electrons. The van der Waals surface area contributed by atoms with E-state index in [4.69, 9.17) is 11.6 Å². The summed E-state index contributed by atoms with van der Waals surface area (Å²) < 4.78 is 44.6. The zero-order chi connectivity index (χ0) is 92.7. The first-order valence-corrected chi connectivity index (χ1v) is 41.8. The second-order valence-corrected chi connectivity index (χ2v) is 34.6. The Labute approximate surface area is 719 Å². The normalized spacial score (nSPS) is 22.9. The Morgan fingerprint density at radius 2 is 1.07 bits per heavy atom. The van der Waals surface area contributed by atoms with Crippen LogP contribution < -0.4 is 42.5 Å². The van der Waals surface area contributed by atoms with Crippen LogP contribution in [0.25, 0.3) is 5.69 Å². The van der Waals surface area contributed by atoms with Crippen LogP contribution in [0.4, 0.5) is 24.5 Å². The first-order valence-electron chi connectivity index (χ1n) is 41.5. The number of aliphatic hydroxyl groups is 2. The number of hydrogen-bond donors (Lipinski definition) is 10. The Morgan fingerprint density at radius 3 is 1.60 bits per heavy atom. The molecule has 0 saturated carbocycles. The quantitative estimate of drug-likeness (QED) is 0.0323. The number of likely N-dealkylation sites (N-methyl/N-ethyl adjacent to an activating group) is 7. The fourth-order valence-electron chi connectivity index (χ4n) is 14.5. The number of halogens is 4. The van der Waals surface area contributed by atoms with Crippen molar-refractivity contribution >= 4 is 106 Å². The molecule has 1 aliphatic rings. The monoisotopic (exact) mass is 1740 g/mol. The molecule has 2 heterocycles. The van der Waals surface area contributed by atoms with Crippen LogP contribution in [-0.4, -0.2) is 279 Å². The molecule has 13 atom stereocenters. The number of anilines is 2. The first kappa shape index (κ1) is 104. The van der Waals surface area contributed by atoms with Crippen LogP contribution in [0.2, 0.25) is 5.02 Å². The summed E-state index contributed by atoms with van der Waals surface area (Å²) in [7, 11) is 9.69. The molecule has 33 nitrogen and oxygen atoms in total. The molecule has 2 aromatic carbocycles. The summed E-state index contributed by atoms with van der Waals surface area (Å²) in [5.41, 5.74) is -2.38. The molecule has 10 N–H and O–H groups in total. The maximum atomic E-state index is 15.6. The topological polar surface area (TPSA) is 416 Å². The molecule has 0 spiro atoms. The molecule has 0 aliphatic carbocycles. The van der Waals surface area contributed by atoms with Gasteiger partial charge in [-0.05, 0) is 156 Å². The maximum Gasteiger partial charge on any atom is 0.434 e. The highest BCUT2D eigenvalue weighted by Crippen LogP contribution is 2.35. The van der Waals surface area contributed by atoms with Crippen molar-refractivity contribution < 1.29 is 90.5 Å². The minimum absolute atomic E-state index is 0.00831. The van der Waals surface area contributed by atoms with Crippen LogP contribution in [-0.2, 0) is 63.7 Å². The van der Waals surface area contributed by atoms with Gasteiger partial charge in [-0.15, -0.1) is 0 Å². The van der Waals surface area contributed by atoms with Gasteiger partial charge in [0, 0.05) is 83.8 Å². The second-order valence-electron chi connectivity index (χ2n) is 34.2. The third kappa shape index (κ3) is 29.0. The maximum absolute atomic E-state index is 15.6.